The summed E-state index contributed by atoms with van der Waals surface area (Å²) in [6.07, 6.45) is 6.93. The minimum absolute atomic E-state index is 0.523. The van der Waals surface area contributed by atoms with Crippen molar-refractivity contribution in [3.63, 3.8) is 0 Å². The van der Waals surface area contributed by atoms with E-state index in [1.807, 2.05) is 0 Å². The Balaban J connectivity index is 2.03. The molecule has 0 spiro atoms. The Morgan fingerprint density at radius 2 is 2.00 bits per heavy atom. The minimum atomic E-state index is 0.523. The van der Waals surface area contributed by atoms with Crippen LogP contribution in [0, 0.1) is 0 Å². The van der Waals surface area contributed by atoms with Crippen LogP contribution >= 0.6 is 0 Å². The molecule has 0 aromatic carbocycles. The summed E-state index contributed by atoms with van der Waals surface area (Å²) >= 11 is 0. The maximum absolute atomic E-state index is 3.56. The summed E-state index contributed by atoms with van der Waals surface area (Å²) in [4.78, 5) is 2.74. The molecule has 0 aliphatic carbocycles. The molecular weight excluding hydrogens is 160 g/mol. The molecule has 2 heteroatoms. The third-order valence-electron chi connectivity index (χ3n) is 3.88. The van der Waals surface area contributed by atoms with E-state index in [1.165, 1.54) is 58.3 Å². The maximum Gasteiger partial charge on any atom is 0.0331 e. The van der Waals surface area contributed by atoms with Crippen molar-refractivity contribution in [2.75, 3.05) is 26.2 Å². The molecule has 1 unspecified atom stereocenters. The normalized spacial score (nSPS) is 36.7. The molecule has 2 fully saturated rings. The molecule has 2 rings (SSSR count). The van der Waals surface area contributed by atoms with Gasteiger partial charge >= 0.3 is 0 Å². The molecule has 1 atom stereocenters. The number of rotatable bonds is 2. The minimum Gasteiger partial charge on any atom is -0.315 e. The van der Waals surface area contributed by atoms with Crippen molar-refractivity contribution in [3.8, 4) is 0 Å². The molecule has 2 aliphatic rings. The summed E-state index contributed by atoms with van der Waals surface area (Å²) in [6.45, 7) is 7.50. The fourth-order valence-electron chi connectivity index (χ4n) is 2.94. The summed E-state index contributed by atoms with van der Waals surface area (Å²) in [7, 11) is 0. The van der Waals surface area contributed by atoms with Crippen molar-refractivity contribution in [3.05, 3.63) is 0 Å². The lowest BCUT2D eigenvalue weighted by Crippen LogP contribution is -2.56. The summed E-state index contributed by atoms with van der Waals surface area (Å²) in [6, 6.07) is 0. The molecular formula is C11H22N2. The van der Waals surface area contributed by atoms with E-state index >= 15 is 0 Å². The van der Waals surface area contributed by atoms with Crippen LogP contribution < -0.4 is 5.32 Å². The number of likely N-dealkylation sites (tertiary alicyclic amines) is 1. The lowest BCUT2D eigenvalue weighted by Gasteiger charge is -2.44. The van der Waals surface area contributed by atoms with Gasteiger partial charge in [-0.3, -0.25) is 4.90 Å². The molecule has 0 aromatic rings. The van der Waals surface area contributed by atoms with E-state index < -0.39 is 0 Å². The van der Waals surface area contributed by atoms with Gasteiger partial charge in [-0.05, 0) is 51.7 Å². The van der Waals surface area contributed by atoms with Crippen LogP contribution in [0.4, 0.5) is 0 Å². The van der Waals surface area contributed by atoms with Crippen LogP contribution in [-0.4, -0.2) is 36.6 Å². The molecule has 0 saturated carbocycles. The maximum atomic E-state index is 3.56. The largest absolute Gasteiger partial charge is 0.315 e. The molecule has 2 heterocycles. The van der Waals surface area contributed by atoms with Gasteiger partial charge in [0.05, 0.1) is 0 Å². The monoisotopic (exact) mass is 182 g/mol. The molecule has 0 bridgehead atoms. The predicted molar refractivity (Wildman–Crippen MR) is 55.9 cm³/mol. The van der Waals surface area contributed by atoms with E-state index in [-0.39, 0.29) is 0 Å². The van der Waals surface area contributed by atoms with E-state index in [1.54, 1.807) is 0 Å². The van der Waals surface area contributed by atoms with Crippen LogP contribution in [0.1, 0.15) is 39.0 Å². The molecule has 1 N–H and O–H groups in total. The lowest BCUT2D eigenvalue weighted by atomic mass is 9.86. The number of nitrogens with one attached hydrogen (secondary N) is 1. The van der Waals surface area contributed by atoms with Crippen molar-refractivity contribution in [2.24, 2.45) is 0 Å². The molecule has 0 aromatic heterocycles. The Morgan fingerprint density at radius 1 is 1.23 bits per heavy atom. The highest BCUT2D eigenvalue weighted by atomic mass is 15.2. The van der Waals surface area contributed by atoms with E-state index in [2.05, 4.69) is 17.1 Å². The van der Waals surface area contributed by atoms with Gasteiger partial charge in [-0.2, -0.15) is 0 Å². The van der Waals surface area contributed by atoms with Crippen LogP contribution in [0.5, 0.6) is 0 Å². The van der Waals surface area contributed by atoms with Crippen molar-refractivity contribution < 1.29 is 0 Å². The zero-order valence-electron chi connectivity index (χ0n) is 8.81. The highest BCUT2D eigenvalue weighted by molar-refractivity contribution is 4.95. The fourth-order valence-corrected chi connectivity index (χ4v) is 2.94. The van der Waals surface area contributed by atoms with Gasteiger partial charge < -0.3 is 5.32 Å². The molecule has 2 saturated heterocycles. The van der Waals surface area contributed by atoms with Crippen molar-refractivity contribution in [1.82, 2.24) is 10.2 Å². The average Bonchev–Trinajstić information content (AvgIpc) is 2.72. The molecule has 13 heavy (non-hydrogen) atoms. The molecule has 2 aliphatic heterocycles. The van der Waals surface area contributed by atoms with E-state index in [0.717, 1.165) is 0 Å². The zero-order chi connectivity index (χ0) is 9.15. The second-order valence-corrected chi connectivity index (χ2v) is 4.55. The van der Waals surface area contributed by atoms with Gasteiger partial charge in [0, 0.05) is 12.1 Å². The Hall–Kier alpha value is -0.0800. The van der Waals surface area contributed by atoms with Gasteiger partial charge in [0.15, 0.2) is 0 Å². The first-order valence-corrected chi connectivity index (χ1v) is 5.83. The second-order valence-electron chi connectivity index (χ2n) is 4.55. The van der Waals surface area contributed by atoms with Crippen molar-refractivity contribution >= 4 is 0 Å². The van der Waals surface area contributed by atoms with Crippen LogP contribution in [0.25, 0.3) is 0 Å². The average molecular weight is 182 g/mol. The predicted octanol–water partition coefficient (Wildman–Crippen LogP) is 1.61. The van der Waals surface area contributed by atoms with E-state index in [4.69, 9.17) is 0 Å². The van der Waals surface area contributed by atoms with Gasteiger partial charge in [-0.1, -0.05) is 6.92 Å². The molecule has 76 valence electrons. The Kier molecular flexibility index (Phi) is 2.89. The van der Waals surface area contributed by atoms with Crippen LogP contribution in [0.15, 0.2) is 0 Å². The fraction of sp³-hybridized carbons (Fsp3) is 1.00. The van der Waals surface area contributed by atoms with Crippen molar-refractivity contribution in [1.29, 1.82) is 0 Å². The summed E-state index contributed by atoms with van der Waals surface area (Å²) < 4.78 is 0. The molecule has 0 radical (unpaired) electrons. The first-order chi connectivity index (χ1) is 6.37. The van der Waals surface area contributed by atoms with Gasteiger partial charge in [0.1, 0.15) is 0 Å². The molecule has 0 amide bonds. The first-order valence-electron chi connectivity index (χ1n) is 5.83. The van der Waals surface area contributed by atoms with Crippen LogP contribution in [0.3, 0.4) is 0 Å². The van der Waals surface area contributed by atoms with Gasteiger partial charge in [0.2, 0.25) is 0 Å². The number of nitrogens with zero attached hydrogens (tertiary/aromatic N) is 1. The van der Waals surface area contributed by atoms with Gasteiger partial charge in [-0.25, -0.2) is 0 Å². The van der Waals surface area contributed by atoms with E-state index in [0.29, 0.717) is 5.54 Å². The highest BCUT2D eigenvalue weighted by Gasteiger charge is 2.37. The summed E-state index contributed by atoms with van der Waals surface area (Å²) in [5, 5.41) is 3.56. The second kappa shape index (κ2) is 3.97. The summed E-state index contributed by atoms with van der Waals surface area (Å²) in [5.74, 6) is 0. The van der Waals surface area contributed by atoms with Gasteiger partial charge in [-0.15, -0.1) is 0 Å². The summed E-state index contributed by atoms with van der Waals surface area (Å²) in [5.41, 5.74) is 0.523. The number of hydrogen-bond acceptors (Lipinski definition) is 2. The number of piperidine rings is 1. The van der Waals surface area contributed by atoms with Crippen LogP contribution in [-0.2, 0) is 0 Å². The highest BCUT2D eigenvalue weighted by Crippen LogP contribution is 2.30. The standard InChI is InChI=1S/C11H22N2/c1-2-11(6-5-7-12-10-11)13-8-3-4-9-13/h12H,2-10H2,1H3. The first kappa shape index (κ1) is 9.47. The van der Waals surface area contributed by atoms with Gasteiger partial charge in [0.25, 0.3) is 0 Å². The van der Waals surface area contributed by atoms with Crippen LogP contribution in [0.2, 0.25) is 0 Å². The number of hydrogen-bond donors (Lipinski definition) is 1. The Bertz CT molecular complexity index is 155. The topological polar surface area (TPSA) is 15.3 Å². The lowest BCUT2D eigenvalue weighted by molar-refractivity contribution is 0.0814. The third-order valence-corrected chi connectivity index (χ3v) is 3.88. The third kappa shape index (κ3) is 1.75. The Labute approximate surface area is 81.7 Å². The van der Waals surface area contributed by atoms with Crippen molar-refractivity contribution in [2.45, 2.75) is 44.6 Å². The smallest absolute Gasteiger partial charge is 0.0331 e. The zero-order valence-corrected chi connectivity index (χ0v) is 8.81. The van der Waals surface area contributed by atoms with E-state index in [9.17, 15) is 0 Å². The SMILES string of the molecule is CCC1(N2CCCC2)CCCNC1. The Morgan fingerprint density at radius 3 is 2.54 bits per heavy atom. The molecule has 2 nitrogen and oxygen atoms in total. The quantitative estimate of drug-likeness (QED) is 0.698.